The van der Waals surface area contributed by atoms with Gasteiger partial charge in [-0.2, -0.15) is 0 Å². The lowest BCUT2D eigenvalue weighted by Crippen LogP contribution is -2.45. The van der Waals surface area contributed by atoms with Gasteiger partial charge in [-0.05, 0) is 39.4 Å². The van der Waals surface area contributed by atoms with Gasteiger partial charge in [0.25, 0.3) is 5.91 Å². The van der Waals surface area contributed by atoms with Crippen molar-refractivity contribution in [3.63, 3.8) is 0 Å². The molecule has 1 heterocycles. The quantitative estimate of drug-likeness (QED) is 0.745. The number of aromatic carboxylic acids is 1. The van der Waals surface area contributed by atoms with Gasteiger partial charge in [0.2, 0.25) is 0 Å². The second kappa shape index (κ2) is 6.76. The number of nitrogens with one attached hydrogen (secondary N) is 2. The van der Waals surface area contributed by atoms with Crippen molar-refractivity contribution >= 4 is 11.9 Å². The largest absolute Gasteiger partial charge is 0.477 e. The average molecular weight is 295 g/mol. The monoisotopic (exact) mass is 295 g/mol. The van der Waals surface area contributed by atoms with Gasteiger partial charge in [0, 0.05) is 18.3 Å². The number of amides is 1. The molecular formula is C15H25N3O3. The van der Waals surface area contributed by atoms with E-state index in [1.807, 2.05) is 32.8 Å². The number of rotatable bonds is 6. The fourth-order valence-electron chi connectivity index (χ4n) is 2.36. The maximum atomic E-state index is 12.5. The molecule has 0 bridgehead atoms. The maximum Gasteiger partial charge on any atom is 0.352 e. The molecule has 1 aromatic heterocycles. The first kappa shape index (κ1) is 17.2. The Morgan fingerprint density at radius 1 is 1.29 bits per heavy atom. The molecule has 0 saturated carbocycles. The van der Waals surface area contributed by atoms with E-state index in [0.717, 1.165) is 6.54 Å². The molecule has 1 atom stereocenters. The second-order valence-corrected chi connectivity index (χ2v) is 6.02. The highest BCUT2D eigenvalue weighted by Gasteiger charge is 2.24. The normalized spacial score (nSPS) is 12.8. The van der Waals surface area contributed by atoms with Crippen molar-refractivity contribution in [3.8, 4) is 0 Å². The third kappa shape index (κ3) is 4.07. The van der Waals surface area contributed by atoms with Crippen molar-refractivity contribution in [2.45, 2.75) is 33.7 Å². The predicted molar refractivity (Wildman–Crippen MR) is 81.9 cm³/mol. The van der Waals surface area contributed by atoms with E-state index in [1.54, 1.807) is 13.8 Å². The van der Waals surface area contributed by atoms with E-state index in [1.165, 1.54) is 0 Å². The van der Waals surface area contributed by atoms with E-state index in [4.69, 9.17) is 5.11 Å². The molecule has 0 radical (unpaired) electrons. The number of H-pyrrole nitrogens is 1. The van der Waals surface area contributed by atoms with E-state index in [2.05, 4.69) is 10.3 Å². The molecule has 6 nitrogen and oxygen atoms in total. The number of carbonyl (C=O) groups is 2. The number of likely N-dealkylation sites (N-methyl/N-ethyl adjacent to an activating group) is 1. The lowest BCUT2D eigenvalue weighted by Gasteiger charge is -2.25. The Kier molecular flexibility index (Phi) is 5.54. The molecule has 6 heteroatoms. The van der Waals surface area contributed by atoms with Gasteiger partial charge in [0.1, 0.15) is 5.69 Å². The number of hydrogen-bond acceptors (Lipinski definition) is 3. The minimum atomic E-state index is -1.05. The molecule has 0 saturated heterocycles. The number of aryl methyl sites for hydroxylation is 1. The zero-order chi connectivity index (χ0) is 16.3. The van der Waals surface area contributed by atoms with Crippen LogP contribution in [-0.4, -0.2) is 53.5 Å². The number of carbonyl (C=O) groups excluding carboxylic acids is 1. The van der Waals surface area contributed by atoms with Gasteiger partial charge in [-0.1, -0.05) is 13.8 Å². The Balaban J connectivity index is 3.00. The van der Waals surface area contributed by atoms with Crippen molar-refractivity contribution in [1.82, 2.24) is 15.2 Å². The molecule has 1 amide bonds. The minimum Gasteiger partial charge on any atom is -0.477 e. The van der Waals surface area contributed by atoms with Crippen LogP contribution in [0.3, 0.4) is 0 Å². The van der Waals surface area contributed by atoms with Crippen LogP contribution in [0.2, 0.25) is 0 Å². The minimum absolute atomic E-state index is 0.00878. The zero-order valence-electron chi connectivity index (χ0n) is 13.6. The summed E-state index contributed by atoms with van der Waals surface area (Å²) in [5, 5.41) is 12.1. The highest BCUT2D eigenvalue weighted by atomic mass is 16.4. The summed E-state index contributed by atoms with van der Waals surface area (Å²) in [6.45, 7) is 8.20. The molecule has 118 valence electrons. The van der Waals surface area contributed by atoms with E-state index in [9.17, 15) is 9.59 Å². The first-order valence-corrected chi connectivity index (χ1v) is 7.03. The summed E-state index contributed by atoms with van der Waals surface area (Å²) in [5.41, 5.74) is 1.56. The van der Waals surface area contributed by atoms with Gasteiger partial charge in [0.15, 0.2) is 0 Å². The van der Waals surface area contributed by atoms with Crippen molar-refractivity contribution in [2.75, 3.05) is 20.6 Å². The molecule has 1 rings (SSSR count). The van der Waals surface area contributed by atoms with Crippen LogP contribution in [0.1, 0.15) is 46.0 Å². The molecule has 21 heavy (non-hydrogen) atoms. The van der Waals surface area contributed by atoms with E-state index >= 15 is 0 Å². The first-order chi connectivity index (χ1) is 9.65. The Morgan fingerprint density at radius 2 is 1.86 bits per heavy atom. The van der Waals surface area contributed by atoms with Crippen molar-refractivity contribution in [2.24, 2.45) is 5.92 Å². The number of carboxylic acid groups (broad SMARTS) is 1. The van der Waals surface area contributed by atoms with Gasteiger partial charge in [-0.3, -0.25) is 4.79 Å². The number of hydrogen-bond donors (Lipinski definition) is 3. The summed E-state index contributed by atoms with van der Waals surface area (Å²) < 4.78 is 0. The lowest BCUT2D eigenvalue weighted by atomic mass is 10.0. The van der Waals surface area contributed by atoms with Crippen LogP contribution in [0.25, 0.3) is 0 Å². The molecule has 0 spiro atoms. The molecule has 3 N–H and O–H groups in total. The van der Waals surface area contributed by atoms with Crippen LogP contribution in [-0.2, 0) is 0 Å². The third-order valence-electron chi connectivity index (χ3n) is 3.56. The van der Waals surface area contributed by atoms with Crippen LogP contribution in [0, 0.1) is 19.8 Å². The van der Waals surface area contributed by atoms with Crippen LogP contribution in [0.5, 0.6) is 0 Å². The van der Waals surface area contributed by atoms with Crippen LogP contribution < -0.4 is 5.32 Å². The summed E-state index contributed by atoms with van der Waals surface area (Å²) >= 11 is 0. The average Bonchev–Trinajstić information content (AvgIpc) is 2.63. The standard InChI is InChI=1S/C15H25N3O3/c1-8(2)11(7-18(5)6)17-14(19)12-9(3)13(15(20)21)16-10(12)4/h8,11,16H,7H2,1-6H3,(H,17,19)(H,20,21). The van der Waals surface area contributed by atoms with E-state index < -0.39 is 5.97 Å². The van der Waals surface area contributed by atoms with Crippen LogP contribution in [0.4, 0.5) is 0 Å². The van der Waals surface area contributed by atoms with Crippen LogP contribution in [0.15, 0.2) is 0 Å². The van der Waals surface area contributed by atoms with Crippen molar-refractivity contribution in [1.29, 1.82) is 0 Å². The number of aromatic amines is 1. The molecule has 0 aliphatic carbocycles. The summed E-state index contributed by atoms with van der Waals surface area (Å²) in [5.74, 6) is -0.993. The van der Waals surface area contributed by atoms with Gasteiger partial charge >= 0.3 is 5.97 Å². The topological polar surface area (TPSA) is 85.4 Å². The van der Waals surface area contributed by atoms with E-state index in [0.29, 0.717) is 16.8 Å². The molecule has 0 aliphatic rings. The highest BCUT2D eigenvalue weighted by Crippen LogP contribution is 2.18. The van der Waals surface area contributed by atoms with E-state index in [-0.39, 0.29) is 23.6 Å². The molecule has 1 aromatic rings. The number of carboxylic acids is 1. The maximum absolute atomic E-state index is 12.5. The fraction of sp³-hybridized carbons (Fsp3) is 0.600. The molecule has 0 fully saturated rings. The first-order valence-electron chi connectivity index (χ1n) is 7.03. The van der Waals surface area contributed by atoms with Gasteiger partial charge < -0.3 is 20.3 Å². The number of aromatic nitrogens is 1. The lowest BCUT2D eigenvalue weighted by molar-refractivity contribution is 0.0690. The Bertz CT molecular complexity index is 533. The van der Waals surface area contributed by atoms with Crippen molar-refractivity contribution < 1.29 is 14.7 Å². The summed E-state index contributed by atoms with van der Waals surface area (Å²) in [7, 11) is 3.91. The summed E-state index contributed by atoms with van der Waals surface area (Å²) in [4.78, 5) is 28.4. The summed E-state index contributed by atoms with van der Waals surface area (Å²) in [6.07, 6.45) is 0. The second-order valence-electron chi connectivity index (χ2n) is 6.02. The predicted octanol–water partition coefficient (Wildman–Crippen LogP) is 1.65. The number of nitrogens with zero attached hydrogens (tertiary/aromatic N) is 1. The smallest absolute Gasteiger partial charge is 0.352 e. The Hall–Kier alpha value is -1.82. The van der Waals surface area contributed by atoms with Crippen LogP contribution >= 0.6 is 0 Å². The molecule has 1 unspecified atom stereocenters. The Labute approximate surface area is 125 Å². The van der Waals surface area contributed by atoms with Gasteiger partial charge in [-0.25, -0.2) is 4.79 Å². The van der Waals surface area contributed by atoms with Crippen molar-refractivity contribution in [3.05, 3.63) is 22.5 Å². The van der Waals surface area contributed by atoms with Gasteiger partial charge in [0.05, 0.1) is 5.56 Å². The third-order valence-corrected chi connectivity index (χ3v) is 3.56. The summed E-state index contributed by atoms with van der Waals surface area (Å²) in [6, 6.07) is 0.00878. The van der Waals surface area contributed by atoms with Gasteiger partial charge in [-0.15, -0.1) is 0 Å². The zero-order valence-corrected chi connectivity index (χ0v) is 13.6. The highest BCUT2D eigenvalue weighted by molar-refractivity contribution is 6.00. The molecule has 0 aromatic carbocycles. The molecule has 0 aliphatic heterocycles. The fourth-order valence-corrected chi connectivity index (χ4v) is 2.36. The molecular weight excluding hydrogens is 270 g/mol. The SMILES string of the molecule is Cc1[nH]c(C(=O)O)c(C)c1C(=O)NC(CN(C)C)C(C)C. The Morgan fingerprint density at radius 3 is 2.24 bits per heavy atom.